The van der Waals surface area contributed by atoms with Crippen LogP contribution in [0, 0.1) is 5.92 Å². The summed E-state index contributed by atoms with van der Waals surface area (Å²) >= 11 is 0. The molecule has 1 aliphatic carbocycles. The van der Waals surface area contributed by atoms with Gasteiger partial charge < -0.3 is 4.90 Å². The topological polar surface area (TPSA) is 20.3 Å². The molecule has 2 aliphatic rings. The van der Waals surface area contributed by atoms with Gasteiger partial charge in [0.2, 0.25) is 5.91 Å². The number of carbonyl (C=O) groups is 1. The number of carbonyl (C=O) groups excluding carboxylic acids is 1. The fraction of sp³-hybridized carbons (Fsp3) is 0.409. The number of rotatable bonds is 4. The third-order valence-electron chi connectivity index (χ3n) is 5.86. The van der Waals surface area contributed by atoms with Crippen molar-refractivity contribution in [3.8, 4) is 0 Å². The van der Waals surface area contributed by atoms with Crippen LogP contribution in [-0.4, -0.2) is 5.91 Å². The smallest absolute Gasteiger partial charge is 0.238 e. The van der Waals surface area contributed by atoms with Crippen molar-refractivity contribution in [2.24, 2.45) is 5.92 Å². The molecule has 1 spiro atoms. The molecule has 1 amide bonds. The largest absolute Gasteiger partial charge is 0.307 e. The van der Waals surface area contributed by atoms with Crippen LogP contribution >= 0.6 is 0 Å². The molecule has 2 atom stereocenters. The maximum Gasteiger partial charge on any atom is 0.238 e. The average molecular weight is 319 g/mol. The number of anilines is 1. The van der Waals surface area contributed by atoms with E-state index in [-0.39, 0.29) is 5.41 Å². The van der Waals surface area contributed by atoms with Gasteiger partial charge in [0.15, 0.2) is 0 Å². The third-order valence-corrected chi connectivity index (χ3v) is 5.86. The third kappa shape index (κ3) is 2.36. The molecule has 1 heterocycles. The minimum absolute atomic E-state index is 0.259. The van der Waals surface area contributed by atoms with Gasteiger partial charge in [0.25, 0.3) is 0 Å². The second-order valence-corrected chi connectivity index (χ2v) is 7.37. The van der Waals surface area contributed by atoms with Crippen molar-refractivity contribution in [3.63, 3.8) is 0 Å². The van der Waals surface area contributed by atoms with Crippen molar-refractivity contribution in [2.45, 2.75) is 51.0 Å². The molecule has 0 unspecified atom stereocenters. The highest BCUT2D eigenvalue weighted by molar-refractivity contribution is 6.08. The first-order valence-electron chi connectivity index (χ1n) is 9.20. The van der Waals surface area contributed by atoms with Crippen LogP contribution in [0.15, 0.2) is 54.6 Å². The molecule has 0 saturated heterocycles. The Balaban J connectivity index is 1.70. The fourth-order valence-electron chi connectivity index (χ4n) is 4.76. The van der Waals surface area contributed by atoms with E-state index < -0.39 is 0 Å². The summed E-state index contributed by atoms with van der Waals surface area (Å²) in [6.45, 7) is 2.92. The molecule has 2 aromatic carbocycles. The lowest BCUT2D eigenvalue weighted by atomic mass is 9.79. The normalized spacial score (nSPS) is 25.5. The van der Waals surface area contributed by atoms with Crippen molar-refractivity contribution >= 4 is 11.6 Å². The zero-order valence-electron chi connectivity index (χ0n) is 14.4. The summed E-state index contributed by atoms with van der Waals surface area (Å²) in [5.74, 6) is 1.02. The van der Waals surface area contributed by atoms with Gasteiger partial charge in [-0.25, -0.2) is 0 Å². The maximum absolute atomic E-state index is 13.5. The summed E-state index contributed by atoms with van der Waals surface area (Å²) < 4.78 is 0. The van der Waals surface area contributed by atoms with Gasteiger partial charge in [-0.2, -0.15) is 0 Å². The minimum Gasteiger partial charge on any atom is -0.307 e. The van der Waals surface area contributed by atoms with E-state index in [0.29, 0.717) is 18.4 Å². The predicted octanol–water partition coefficient (Wildman–Crippen LogP) is 5.07. The highest BCUT2D eigenvalue weighted by Crippen LogP contribution is 2.54. The number of amides is 1. The Labute approximate surface area is 144 Å². The lowest BCUT2D eigenvalue weighted by molar-refractivity contribution is -0.123. The Morgan fingerprint density at radius 3 is 2.62 bits per heavy atom. The molecule has 2 heteroatoms. The van der Waals surface area contributed by atoms with Crippen molar-refractivity contribution < 1.29 is 4.79 Å². The predicted molar refractivity (Wildman–Crippen MR) is 98.0 cm³/mol. The molecule has 24 heavy (non-hydrogen) atoms. The summed E-state index contributed by atoms with van der Waals surface area (Å²) in [6, 6.07) is 18.8. The summed E-state index contributed by atoms with van der Waals surface area (Å²) in [4.78, 5) is 15.5. The Morgan fingerprint density at radius 2 is 1.83 bits per heavy atom. The van der Waals surface area contributed by atoms with E-state index in [4.69, 9.17) is 0 Å². The van der Waals surface area contributed by atoms with Crippen LogP contribution < -0.4 is 4.90 Å². The Bertz CT molecular complexity index is 739. The van der Waals surface area contributed by atoms with Crippen LogP contribution in [0.2, 0.25) is 0 Å². The molecule has 2 nitrogen and oxygen atoms in total. The van der Waals surface area contributed by atoms with E-state index in [2.05, 4.69) is 43.3 Å². The first-order valence-corrected chi connectivity index (χ1v) is 9.20. The van der Waals surface area contributed by atoms with E-state index in [1.807, 2.05) is 23.1 Å². The van der Waals surface area contributed by atoms with Gasteiger partial charge in [-0.15, -0.1) is 0 Å². The molecule has 0 radical (unpaired) electrons. The molecule has 0 aromatic heterocycles. The summed E-state index contributed by atoms with van der Waals surface area (Å²) in [7, 11) is 0. The van der Waals surface area contributed by atoms with Crippen LogP contribution in [0.3, 0.4) is 0 Å². The number of nitrogens with zero attached hydrogens (tertiary/aromatic N) is 1. The monoisotopic (exact) mass is 319 g/mol. The zero-order valence-corrected chi connectivity index (χ0v) is 14.4. The first-order chi connectivity index (χ1) is 11.7. The Morgan fingerprint density at radius 1 is 1.08 bits per heavy atom. The highest BCUT2D eigenvalue weighted by atomic mass is 16.2. The summed E-state index contributed by atoms with van der Waals surface area (Å²) in [6.07, 6.45) is 5.69. The van der Waals surface area contributed by atoms with Gasteiger partial charge in [-0.3, -0.25) is 4.79 Å². The van der Waals surface area contributed by atoms with Gasteiger partial charge in [-0.05, 0) is 42.4 Å². The molecule has 2 aromatic rings. The first kappa shape index (κ1) is 15.4. The molecule has 1 fully saturated rings. The Kier molecular flexibility index (Phi) is 3.91. The van der Waals surface area contributed by atoms with E-state index >= 15 is 0 Å². The van der Waals surface area contributed by atoms with Crippen molar-refractivity contribution in [2.75, 3.05) is 4.90 Å². The van der Waals surface area contributed by atoms with Gasteiger partial charge in [0.1, 0.15) is 0 Å². The molecule has 0 bridgehead atoms. The lowest BCUT2D eigenvalue weighted by Gasteiger charge is -2.24. The molecule has 4 rings (SSSR count). The highest BCUT2D eigenvalue weighted by Gasteiger charge is 2.53. The lowest BCUT2D eigenvalue weighted by Crippen LogP contribution is -2.38. The van der Waals surface area contributed by atoms with Crippen LogP contribution in [0.25, 0.3) is 0 Å². The van der Waals surface area contributed by atoms with Gasteiger partial charge in [0, 0.05) is 5.69 Å². The number of hydrogen-bond acceptors (Lipinski definition) is 1. The number of fused-ring (bicyclic) bond motifs is 2. The van der Waals surface area contributed by atoms with Gasteiger partial charge in [0.05, 0.1) is 12.0 Å². The molecular formula is C22H25NO. The maximum atomic E-state index is 13.5. The Hall–Kier alpha value is -2.09. The minimum atomic E-state index is -0.259. The van der Waals surface area contributed by atoms with Gasteiger partial charge in [-0.1, -0.05) is 68.3 Å². The summed E-state index contributed by atoms with van der Waals surface area (Å²) in [5.41, 5.74) is 3.33. The molecule has 1 aliphatic heterocycles. The van der Waals surface area contributed by atoms with E-state index in [0.717, 1.165) is 18.5 Å². The zero-order chi connectivity index (χ0) is 16.6. The standard InChI is InChI=1S/C22H25NO/c1-2-8-17-13-14-22(15-17)19-11-6-7-12-20(19)23(21(22)24)16-18-9-4-3-5-10-18/h3-7,9-12,17H,2,8,13-16H2,1H3/t17-,22+/m0/s1. The summed E-state index contributed by atoms with van der Waals surface area (Å²) in [5, 5.41) is 0. The quantitative estimate of drug-likeness (QED) is 0.770. The van der Waals surface area contributed by atoms with Crippen LogP contribution in [-0.2, 0) is 16.8 Å². The van der Waals surface area contributed by atoms with Crippen LogP contribution in [0.5, 0.6) is 0 Å². The second kappa shape index (κ2) is 6.08. The number of hydrogen-bond donors (Lipinski definition) is 0. The average Bonchev–Trinajstić information content (AvgIpc) is 3.14. The second-order valence-electron chi connectivity index (χ2n) is 7.37. The molecule has 124 valence electrons. The van der Waals surface area contributed by atoms with Crippen LogP contribution in [0.1, 0.15) is 50.2 Å². The molecular weight excluding hydrogens is 294 g/mol. The van der Waals surface area contributed by atoms with Crippen LogP contribution in [0.4, 0.5) is 5.69 Å². The van der Waals surface area contributed by atoms with E-state index in [1.54, 1.807) is 0 Å². The SMILES string of the molecule is CCC[C@H]1CC[C@]2(C1)C(=O)N(Cc1ccccc1)c1ccccc12. The van der Waals surface area contributed by atoms with Gasteiger partial charge >= 0.3 is 0 Å². The van der Waals surface area contributed by atoms with E-state index in [9.17, 15) is 4.79 Å². The fourth-order valence-corrected chi connectivity index (χ4v) is 4.76. The number of para-hydroxylation sites is 1. The van der Waals surface area contributed by atoms with Crippen molar-refractivity contribution in [3.05, 3.63) is 65.7 Å². The molecule has 0 N–H and O–H groups in total. The van der Waals surface area contributed by atoms with E-state index in [1.165, 1.54) is 30.4 Å². The van der Waals surface area contributed by atoms with Crippen molar-refractivity contribution in [1.82, 2.24) is 0 Å². The molecule has 1 saturated carbocycles. The van der Waals surface area contributed by atoms with Crippen molar-refractivity contribution in [1.29, 1.82) is 0 Å². The number of benzene rings is 2.